The van der Waals surface area contributed by atoms with Crippen LogP contribution in [-0.4, -0.2) is 29.1 Å². The first kappa shape index (κ1) is 14.3. The van der Waals surface area contributed by atoms with Gasteiger partial charge in [0.25, 0.3) is 5.69 Å². The number of nitro groups is 1. The number of hydrogen-bond donors (Lipinski definition) is 1. The van der Waals surface area contributed by atoms with E-state index in [0.29, 0.717) is 17.5 Å². The molecule has 108 valence electrons. The van der Waals surface area contributed by atoms with Gasteiger partial charge < -0.3 is 10.0 Å². The Labute approximate surface area is 117 Å². The normalized spacial score (nSPS) is 18.6. The van der Waals surface area contributed by atoms with E-state index in [-0.39, 0.29) is 11.3 Å². The second-order valence-electron chi connectivity index (χ2n) is 5.50. The van der Waals surface area contributed by atoms with Crippen molar-refractivity contribution in [3.8, 4) is 0 Å². The van der Waals surface area contributed by atoms with Gasteiger partial charge in [0.2, 0.25) is 0 Å². The van der Waals surface area contributed by atoms with E-state index in [4.69, 9.17) is 5.11 Å². The molecule has 1 fully saturated rings. The molecule has 1 aromatic rings. The van der Waals surface area contributed by atoms with Crippen LogP contribution in [0, 0.1) is 22.0 Å². The monoisotopic (exact) mass is 278 g/mol. The fraction of sp³-hybridized carbons (Fsp3) is 0.500. The van der Waals surface area contributed by atoms with E-state index in [1.54, 1.807) is 0 Å². The molecule has 2 rings (SSSR count). The minimum absolute atomic E-state index is 0.0283. The molecule has 1 heterocycles. The average molecular weight is 278 g/mol. The number of carbonyl (C=O) groups is 1. The van der Waals surface area contributed by atoms with E-state index in [2.05, 4.69) is 13.8 Å². The van der Waals surface area contributed by atoms with Crippen LogP contribution in [0.1, 0.15) is 30.6 Å². The maximum Gasteiger partial charge on any atom is 0.335 e. The summed E-state index contributed by atoms with van der Waals surface area (Å²) in [6.07, 6.45) is 0.978. The van der Waals surface area contributed by atoms with Gasteiger partial charge in [0.05, 0.1) is 10.5 Å². The van der Waals surface area contributed by atoms with Crippen molar-refractivity contribution in [2.45, 2.75) is 20.3 Å². The summed E-state index contributed by atoms with van der Waals surface area (Å²) in [4.78, 5) is 23.6. The summed E-state index contributed by atoms with van der Waals surface area (Å²) < 4.78 is 0. The van der Waals surface area contributed by atoms with Crippen LogP contribution in [0.4, 0.5) is 11.4 Å². The number of benzene rings is 1. The van der Waals surface area contributed by atoms with Gasteiger partial charge in [-0.05, 0) is 30.4 Å². The molecule has 1 aliphatic rings. The van der Waals surface area contributed by atoms with Gasteiger partial charge in [-0.2, -0.15) is 0 Å². The van der Waals surface area contributed by atoms with Crippen LogP contribution >= 0.6 is 0 Å². The molecule has 6 nitrogen and oxygen atoms in total. The van der Waals surface area contributed by atoms with Gasteiger partial charge in [-0.15, -0.1) is 0 Å². The third-order valence-electron chi connectivity index (χ3n) is 3.93. The summed E-state index contributed by atoms with van der Waals surface area (Å²) in [5.41, 5.74) is 0.469. The summed E-state index contributed by atoms with van der Waals surface area (Å²) in [7, 11) is 0. The number of hydrogen-bond acceptors (Lipinski definition) is 4. The largest absolute Gasteiger partial charge is 0.478 e. The van der Waals surface area contributed by atoms with Crippen molar-refractivity contribution in [3.63, 3.8) is 0 Å². The molecule has 0 aliphatic carbocycles. The van der Waals surface area contributed by atoms with Crippen molar-refractivity contribution in [2.75, 3.05) is 18.0 Å². The topological polar surface area (TPSA) is 83.7 Å². The van der Waals surface area contributed by atoms with Crippen molar-refractivity contribution >= 4 is 17.3 Å². The lowest BCUT2D eigenvalue weighted by molar-refractivity contribution is -0.384. The van der Waals surface area contributed by atoms with E-state index in [9.17, 15) is 14.9 Å². The molecule has 1 saturated heterocycles. The molecular formula is C14H18N2O4. The van der Waals surface area contributed by atoms with E-state index in [1.165, 1.54) is 18.2 Å². The molecule has 1 unspecified atom stereocenters. The van der Waals surface area contributed by atoms with E-state index in [0.717, 1.165) is 19.5 Å². The maximum absolute atomic E-state index is 11.1. The molecule has 0 bridgehead atoms. The first-order valence-corrected chi connectivity index (χ1v) is 6.67. The van der Waals surface area contributed by atoms with Gasteiger partial charge in [0.15, 0.2) is 0 Å². The number of aromatic carboxylic acids is 1. The molecule has 6 heteroatoms. The standard InChI is InChI=1S/C14H18N2O4/c1-9(2)11-5-6-15(8-11)13-7-10(14(17)18)3-4-12(13)16(19)20/h3-4,7,9,11H,5-6,8H2,1-2H3,(H,17,18). The van der Waals surface area contributed by atoms with Crippen LogP contribution in [0.3, 0.4) is 0 Å². The van der Waals surface area contributed by atoms with Crippen LogP contribution < -0.4 is 4.90 Å². The highest BCUT2D eigenvalue weighted by Gasteiger charge is 2.29. The Morgan fingerprint density at radius 1 is 1.50 bits per heavy atom. The molecule has 0 saturated carbocycles. The highest BCUT2D eigenvalue weighted by molar-refractivity contribution is 5.90. The fourth-order valence-electron chi connectivity index (χ4n) is 2.61. The molecule has 1 atom stereocenters. The predicted octanol–water partition coefficient (Wildman–Crippen LogP) is 2.78. The SMILES string of the molecule is CC(C)C1CCN(c2cc(C(=O)O)ccc2[N+](=O)[O-])C1. The Morgan fingerprint density at radius 3 is 2.70 bits per heavy atom. The lowest BCUT2D eigenvalue weighted by Crippen LogP contribution is -2.22. The van der Waals surface area contributed by atoms with Gasteiger partial charge in [-0.3, -0.25) is 10.1 Å². The Hall–Kier alpha value is -2.11. The van der Waals surface area contributed by atoms with Crippen LogP contribution in [-0.2, 0) is 0 Å². The van der Waals surface area contributed by atoms with E-state index in [1.807, 2.05) is 4.90 Å². The highest BCUT2D eigenvalue weighted by Crippen LogP contribution is 2.34. The minimum Gasteiger partial charge on any atom is -0.478 e. The third-order valence-corrected chi connectivity index (χ3v) is 3.93. The summed E-state index contributed by atoms with van der Waals surface area (Å²) in [6, 6.07) is 3.96. The Morgan fingerprint density at radius 2 is 2.20 bits per heavy atom. The van der Waals surface area contributed by atoms with Gasteiger partial charge in [0, 0.05) is 19.2 Å². The summed E-state index contributed by atoms with van der Waals surface area (Å²) in [5.74, 6) is -0.0643. The van der Waals surface area contributed by atoms with Crippen LogP contribution in [0.5, 0.6) is 0 Å². The van der Waals surface area contributed by atoms with Gasteiger partial charge in [-0.25, -0.2) is 4.79 Å². The number of nitrogens with zero attached hydrogens (tertiary/aromatic N) is 2. The maximum atomic E-state index is 11.1. The van der Waals surface area contributed by atoms with E-state index < -0.39 is 10.9 Å². The number of rotatable bonds is 4. The zero-order valence-electron chi connectivity index (χ0n) is 11.6. The summed E-state index contributed by atoms with van der Waals surface area (Å²) in [6.45, 7) is 5.74. The summed E-state index contributed by atoms with van der Waals surface area (Å²) in [5, 5.41) is 20.1. The van der Waals surface area contributed by atoms with Crippen LogP contribution in [0.15, 0.2) is 18.2 Å². The first-order valence-electron chi connectivity index (χ1n) is 6.67. The first-order chi connectivity index (χ1) is 9.40. The molecule has 0 amide bonds. The van der Waals surface area contributed by atoms with Crippen LogP contribution in [0.25, 0.3) is 0 Å². The Bertz CT molecular complexity index is 542. The molecule has 20 heavy (non-hydrogen) atoms. The van der Waals surface area contributed by atoms with Gasteiger partial charge in [0.1, 0.15) is 5.69 Å². The Balaban J connectivity index is 2.36. The average Bonchev–Trinajstić information content (AvgIpc) is 2.87. The number of nitro benzene ring substituents is 1. The fourth-order valence-corrected chi connectivity index (χ4v) is 2.61. The third kappa shape index (κ3) is 2.74. The van der Waals surface area contributed by atoms with Crippen molar-refractivity contribution in [2.24, 2.45) is 11.8 Å². The lowest BCUT2D eigenvalue weighted by Gasteiger charge is -2.20. The minimum atomic E-state index is -1.07. The molecule has 1 N–H and O–H groups in total. The molecule has 0 radical (unpaired) electrons. The molecule has 0 aromatic heterocycles. The Kier molecular flexibility index (Phi) is 3.92. The zero-order chi connectivity index (χ0) is 14.9. The smallest absolute Gasteiger partial charge is 0.335 e. The quantitative estimate of drug-likeness (QED) is 0.676. The van der Waals surface area contributed by atoms with Crippen LogP contribution in [0.2, 0.25) is 0 Å². The number of carboxylic acids is 1. The van der Waals surface area contributed by atoms with E-state index >= 15 is 0 Å². The molecule has 1 aliphatic heterocycles. The van der Waals surface area contributed by atoms with Gasteiger partial charge >= 0.3 is 5.97 Å². The highest BCUT2D eigenvalue weighted by atomic mass is 16.6. The molecule has 1 aromatic carbocycles. The predicted molar refractivity (Wildman–Crippen MR) is 75.2 cm³/mol. The summed E-state index contributed by atoms with van der Waals surface area (Å²) >= 11 is 0. The van der Waals surface area contributed by atoms with Crippen molar-refractivity contribution in [1.82, 2.24) is 0 Å². The molecule has 0 spiro atoms. The number of anilines is 1. The molecular weight excluding hydrogens is 260 g/mol. The number of carboxylic acid groups (broad SMARTS) is 1. The van der Waals surface area contributed by atoms with Crippen molar-refractivity contribution < 1.29 is 14.8 Å². The zero-order valence-corrected chi connectivity index (χ0v) is 11.6. The second kappa shape index (κ2) is 5.48. The van der Waals surface area contributed by atoms with Crippen molar-refractivity contribution in [1.29, 1.82) is 0 Å². The van der Waals surface area contributed by atoms with Gasteiger partial charge in [-0.1, -0.05) is 13.8 Å². The lowest BCUT2D eigenvalue weighted by atomic mass is 9.95. The second-order valence-corrected chi connectivity index (χ2v) is 5.50. The van der Waals surface area contributed by atoms with Crippen molar-refractivity contribution in [3.05, 3.63) is 33.9 Å².